The molecule has 2 aliphatic heterocycles. The normalized spacial score (nSPS) is 26.4. The molecule has 0 saturated carbocycles. The molecule has 0 amide bonds. The Morgan fingerprint density at radius 1 is 1.33 bits per heavy atom. The molecule has 6 heteroatoms. The number of nitrogens with one attached hydrogen (secondary N) is 1. The highest BCUT2D eigenvalue weighted by Gasteiger charge is 2.40. The first kappa shape index (κ1) is 15.6. The van der Waals surface area contributed by atoms with E-state index in [9.17, 15) is 0 Å². The smallest absolute Gasteiger partial charge is 0.137 e. The number of nitriles is 1. The van der Waals surface area contributed by atoms with Crippen LogP contribution in [0.1, 0.15) is 32.1 Å². The van der Waals surface area contributed by atoms with Gasteiger partial charge in [-0.25, -0.2) is 4.98 Å². The van der Waals surface area contributed by atoms with Crippen LogP contribution >= 0.6 is 11.6 Å². The Kier molecular flexibility index (Phi) is 4.26. The van der Waals surface area contributed by atoms with Crippen molar-refractivity contribution in [1.82, 2.24) is 14.9 Å². The summed E-state index contributed by atoms with van der Waals surface area (Å²) in [6.45, 7) is 0.904. The first-order valence-corrected chi connectivity index (χ1v) is 8.93. The van der Waals surface area contributed by atoms with E-state index < -0.39 is 0 Å². The summed E-state index contributed by atoms with van der Waals surface area (Å²) in [7, 11) is 0. The van der Waals surface area contributed by atoms with Gasteiger partial charge in [-0.1, -0.05) is 11.6 Å². The van der Waals surface area contributed by atoms with E-state index in [-0.39, 0.29) is 0 Å². The molecule has 0 radical (unpaired) electrons. The summed E-state index contributed by atoms with van der Waals surface area (Å²) in [6, 6.07) is 9.60. The molecule has 3 atom stereocenters. The molecule has 0 aromatic carbocycles. The number of piperidine rings is 1. The lowest BCUT2D eigenvalue weighted by molar-refractivity contribution is 0.136. The number of nitrogens with zero attached hydrogens (tertiary/aromatic N) is 4. The number of hydrogen-bond donors (Lipinski definition) is 1. The molecule has 24 heavy (non-hydrogen) atoms. The predicted molar refractivity (Wildman–Crippen MR) is 94.9 cm³/mol. The Hall–Kier alpha value is -1.90. The second kappa shape index (κ2) is 6.54. The lowest BCUT2D eigenvalue weighted by atomic mass is 9.97. The monoisotopic (exact) mass is 341 g/mol. The number of pyridine rings is 2. The summed E-state index contributed by atoms with van der Waals surface area (Å²) in [5, 5.41) is 13.9. The maximum atomic E-state index is 8.85. The van der Waals surface area contributed by atoms with Crippen molar-refractivity contribution >= 4 is 28.3 Å². The van der Waals surface area contributed by atoms with E-state index in [0.717, 1.165) is 36.1 Å². The van der Waals surface area contributed by atoms with E-state index in [1.54, 1.807) is 12.3 Å². The third-order valence-corrected chi connectivity index (χ3v) is 5.47. The minimum absolute atomic E-state index is 0.398. The Bertz CT molecular complexity index is 773. The lowest BCUT2D eigenvalue weighted by Gasteiger charge is -2.39. The first-order valence-electron chi connectivity index (χ1n) is 8.55. The van der Waals surface area contributed by atoms with Gasteiger partial charge in [0.15, 0.2) is 0 Å². The third kappa shape index (κ3) is 2.92. The standard InChI is InChI=1S/C18H20ClN5/c19-17-11-16-15(3-1-7-21-16)18(23-17)22-12-9-13-4-5-14(10-12)24(13)8-2-6-20/h1,3,7,11-14H,2,4-5,8-10H2,(H,22,23)/t12-,13-,14+. The fourth-order valence-corrected chi connectivity index (χ4v) is 4.47. The number of halogens is 1. The van der Waals surface area contributed by atoms with Crippen molar-refractivity contribution in [2.24, 2.45) is 0 Å². The van der Waals surface area contributed by atoms with Crippen LogP contribution < -0.4 is 5.32 Å². The zero-order valence-electron chi connectivity index (χ0n) is 13.5. The van der Waals surface area contributed by atoms with Gasteiger partial charge in [-0.2, -0.15) is 5.26 Å². The molecular formula is C18H20ClN5. The Morgan fingerprint density at radius 2 is 2.12 bits per heavy atom. The summed E-state index contributed by atoms with van der Waals surface area (Å²) in [5.74, 6) is 0.834. The van der Waals surface area contributed by atoms with Gasteiger partial charge in [0, 0.05) is 48.7 Å². The van der Waals surface area contributed by atoms with Crippen LogP contribution in [0.25, 0.3) is 10.9 Å². The van der Waals surface area contributed by atoms with E-state index in [4.69, 9.17) is 16.9 Å². The number of hydrogen-bond acceptors (Lipinski definition) is 5. The summed E-state index contributed by atoms with van der Waals surface area (Å²) in [6.07, 6.45) is 7.06. The molecule has 2 saturated heterocycles. The molecule has 2 aromatic heterocycles. The molecule has 0 spiro atoms. The second-order valence-corrected chi connectivity index (χ2v) is 7.09. The van der Waals surface area contributed by atoms with Gasteiger partial charge >= 0.3 is 0 Å². The predicted octanol–water partition coefficient (Wildman–Crippen LogP) is 3.60. The maximum Gasteiger partial charge on any atom is 0.137 e. The summed E-state index contributed by atoms with van der Waals surface area (Å²) >= 11 is 6.16. The average molecular weight is 342 g/mol. The zero-order valence-corrected chi connectivity index (χ0v) is 14.2. The van der Waals surface area contributed by atoms with E-state index in [0.29, 0.717) is 29.7 Å². The van der Waals surface area contributed by atoms with Crippen LogP contribution in [0, 0.1) is 11.3 Å². The number of aromatic nitrogens is 2. The highest BCUT2D eigenvalue weighted by atomic mass is 35.5. The molecule has 5 nitrogen and oxygen atoms in total. The topological polar surface area (TPSA) is 64.8 Å². The molecule has 4 rings (SSSR count). The van der Waals surface area contributed by atoms with Gasteiger partial charge in [-0.05, 0) is 37.8 Å². The molecule has 2 fully saturated rings. The van der Waals surface area contributed by atoms with Crippen LogP contribution in [0.15, 0.2) is 24.4 Å². The molecule has 1 N–H and O–H groups in total. The molecule has 0 aliphatic carbocycles. The van der Waals surface area contributed by atoms with Gasteiger partial charge < -0.3 is 5.32 Å². The van der Waals surface area contributed by atoms with Crippen molar-refractivity contribution in [3.63, 3.8) is 0 Å². The van der Waals surface area contributed by atoms with Crippen molar-refractivity contribution in [3.8, 4) is 6.07 Å². The van der Waals surface area contributed by atoms with Crippen LogP contribution in [0.4, 0.5) is 5.82 Å². The Balaban J connectivity index is 1.53. The summed E-state index contributed by atoms with van der Waals surface area (Å²) in [4.78, 5) is 11.4. The highest BCUT2D eigenvalue weighted by molar-refractivity contribution is 6.30. The molecule has 4 heterocycles. The van der Waals surface area contributed by atoms with Gasteiger partial charge in [0.1, 0.15) is 11.0 Å². The Morgan fingerprint density at radius 3 is 2.88 bits per heavy atom. The fourth-order valence-electron chi connectivity index (χ4n) is 4.28. The average Bonchev–Trinajstić information content (AvgIpc) is 2.81. The molecule has 2 aromatic rings. The van der Waals surface area contributed by atoms with Crippen LogP contribution in [-0.4, -0.2) is 39.5 Å². The van der Waals surface area contributed by atoms with Gasteiger partial charge in [0.25, 0.3) is 0 Å². The minimum atomic E-state index is 0.398. The van der Waals surface area contributed by atoms with Crippen molar-refractivity contribution in [2.45, 2.75) is 50.2 Å². The van der Waals surface area contributed by atoms with Crippen LogP contribution in [0.5, 0.6) is 0 Å². The Labute approximate surface area is 146 Å². The maximum absolute atomic E-state index is 8.85. The lowest BCUT2D eigenvalue weighted by Crippen LogP contribution is -2.47. The van der Waals surface area contributed by atoms with Crippen molar-refractivity contribution in [1.29, 1.82) is 5.26 Å². The molecule has 2 aliphatic rings. The van der Waals surface area contributed by atoms with E-state index in [2.05, 4.69) is 26.3 Å². The molecular weight excluding hydrogens is 322 g/mol. The number of rotatable bonds is 4. The number of anilines is 1. The van der Waals surface area contributed by atoms with Gasteiger partial charge in [0.05, 0.1) is 11.6 Å². The molecule has 124 valence electrons. The zero-order chi connectivity index (χ0) is 16.5. The largest absolute Gasteiger partial charge is 0.367 e. The van der Waals surface area contributed by atoms with Crippen molar-refractivity contribution in [3.05, 3.63) is 29.5 Å². The van der Waals surface area contributed by atoms with Crippen molar-refractivity contribution in [2.75, 3.05) is 11.9 Å². The quantitative estimate of drug-likeness (QED) is 0.861. The van der Waals surface area contributed by atoms with Gasteiger partial charge in [-0.3, -0.25) is 9.88 Å². The first-order chi connectivity index (χ1) is 11.7. The van der Waals surface area contributed by atoms with E-state index in [1.807, 2.05) is 12.1 Å². The summed E-state index contributed by atoms with van der Waals surface area (Å²) in [5.41, 5.74) is 0.870. The van der Waals surface area contributed by atoms with Gasteiger partial charge in [-0.15, -0.1) is 0 Å². The van der Waals surface area contributed by atoms with E-state index >= 15 is 0 Å². The highest BCUT2D eigenvalue weighted by Crippen LogP contribution is 2.37. The second-order valence-electron chi connectivity index (χ2n) is 6.71. The van der Waals surface area contributed by atoms with Gasteiger partial charge in [0.2, 0.25) is 0 Å². The number of fused-ring (bicyclic) bond motifs is 3. The van der Waals surface area contributed by atoms with Crippen molar-refractivity contribution < 1.29 is 0 Å². The fraction of sp³-hybridized carbons (Fsp3) is 0.500. The minimum Gasteiger partial charge on any atom is -0.367 e. The molecule has 2 bridgehead atoms. The third-order valence-electron chi connectivity index (χ3n) is 5.28. The van der Waals surface area contributed by atoms with E-state index in [1.165, 1.54) is 12.8 Å². The van der Waals surface area contributed by atoms with Crippen LogP contribution in [-0.2, 0) is 0 Å². The van der Waals surface area contributed by atoms with Crippen LogP contribution in [0.3, 0.4) is 0 Å². The van der Waals surface area contributed by atoms with Crippen LogP contribution in [0.2, 0.25) is 5.15 Å². The molecule has 0 unspecified atom stereocenters. The SMILES string of the molecule is N#CCCN1[C@@H]2CC[C@H]1C[C@H](Nc1nc(Cl)cc3ncccc13)C2. The summed E-state index contributed by atoms with van der Waals surface area (Å²) < 4.78 is 0.